The van der Waals surface area contributed by atoms with Crippen molar-refractivity contribution in [1.29, 1.82) is 5.26 Å². The van der Waals surface area contributed by atoms with Gasteiger partial charge in [0.05, 0.1) is 17.0 Å². The summed E-state index contributed by atoms with van der Waals surface area (Å²) < 4.78 is 1.05. The number of benzene rings is 4. The zero-order valence-electron chi connectivity index (χ0n) is 15.1. The van der Waals surface area contributed by atoms with Gasteiger partial charge >= 0.3 is 0 Å². The van der Waals surface area contributed by atoms with Crippen LogP contribution in [0.4, 0.5) is 0 Å². The third-order valence-corrected chi connectivity index (χ3v) is 6.14. The maximum atomic E-state index is 9.58. The lowest BCUT2D eigenvalue weighted by Gasteiger charge is -2.34. The van der Waals surface area contributed by atoms with Crippen LogP contribution in [-0.2, 0) is 5.41 Å². The van der Waals surface area contributed by atoms with E-state index in [2.05, 4.69) is 101 Å². The van der Waals surface area contributed by atoms with Crippen molar-refractivity contribution in [1.82, 2.24) is 0 Å². The van der Waals surface area contributed by atoms with Gasteiger partial charge in [-0.15, -0.1) is 0 Å². The first-order chi connectivity index (χ1) is 13.7. The van der Waals surface area contributed by atoms with E-state index in [1.165, 1.54) is 27.8 Å². The summed E-state index contributed by atoms with van der Waals surface area (Å²) in [6.07, 6.45) is 0. The van der Waals surface area contributed by atoms with Gasteiger partial charge in [-0.1, -0.05) is 88.7 Å². The number of halogens is 1. The van der Waals surface area contributed by atoms with E-state index in [4.69, 9.17) is 0 Å². The minimum atomic E-state index is -0.455. The highest BCUT2D eigenvalue weighted by Gasteiger charge is 2.46. The first-order valence-electron chi connectivity index (χ1n) is 9.21. The van der Waals surface area contributed by atoms with Crippen molar-refractivity contribution in [3.63, 3.8) is 0 Å². The fourth-order valence-electron chi connectivity index (χ4n) is 4.53. The second-order valence-electron chi connectivity index (χ2n) is 7.04. The smallest absolute Gasteiger partial charge is 0.0991 e. The van der Waals surface area contributed by atoms with Crippen molar-refractivity contribution in [3.8, 4) is 17.2 Å². The molecule has 0 fully saturated rings. The van der Waals surface area contributed by atoms with Gasteiger partial charge in [-0.3, -0.25) is 0 Å². The van der Waals surface area contributed by atoms with Crippen molar-refractivity contribution in [2.75, 3.05) is 0 Å². The largest absolute Gasteiger partial charge is 0.192 e. The molecule has 4 aromatic carbocycles. The SMILES string of the molecule is N#Cc1ccc2c(c1)C(c1ccccc1)(c1ccccc1)c1cc(Br)ccc1-2. The molecule has 1 aliphatic carbocycles. The lowest BCUT2D eigenvalue weighted by Crippen LogP contribution is -2.28. The molecule has 2 heteroatoms. The second-order valence-corrected chi connectivity index (χ2v) is 7.96. The molecule has 0 amide bonds. The molecule has 0 atom stereocenters. The number of hydrogen-bond acceptors (Lipinski definition) is 1. The normalized spacial score (nSPS) is 13.4. The van der Waals surface area contributed by atoms with Crippen LogP contribution in [0.2, 0.25) is 0 Å². The Kier molecular flexibility index (Phi) is 3.93. The fourth-order valence-corrected chi connectivity index (χ4v) is 4.89. The molecule has 1 nitrogen and oxygen atoms in total. The van der Waals surface area contributed by atoms with Gasteiger partial charge < -0.3 is 0 Å². The van der Waals surface area contributed by atoms with Crippen LogP contribution in [0, 0.1) is 11.3 Å². The van der Waals surface area contributed by atoms with Crippen LogP contribution in [0.3, 0.4) is 0 Å². The van der Waals surface area contributed by atoms with E-state index in [1.54, 1.807) is 0 Å². The molecule has 4 aromatic rings. The average Bonchev–Trinajstić information content (AvgIpc) is 3.04. The molecule has 0 bridgehead atoms. The lowest BCUT2D eigenvalue weighted by molar-refractivity contribution is 0.767. The van der Waals surface area contributed by atoms with Crippen molar-refractivity contribution >= 4 is 15.9 Å². The van der Waals surface area contributed by atoms with Crippen molar-refractivity contribution in [3.05, 3.63) is 129 Å². The molecule has 0 saturated carbocycles. The Morgan fingerprint density at radius 3 is 1.75 bits per heavy atom. The highest BCUT2D eigenvalue weighted by atomic mass is 79.9. The van der Waals surface area contributed by atoms with E-state index in [1.807, 2.05) is 18.2 Å². The van der Waals surface area contributed by atoms with E-state index < -0.39 is 5.41 Å². The van der Waals surface area contributed by atoms with Gasteiger partial charge in [0.1, 0.15) is 0 Å². The van der Waals surface area contributed by atoms with Crippen LogP contribution in [0.1, 0.15) is 27.8 Å². The monoisotopic (exact) mass is 421 g/mol. The molecule has 0 saturated heterocycles. The minimum absolute atomic E-state index is 0.455. The summed E-state index contributed by atoms with van der Waals surface area (Å²) in [6.45, 7) is 0. The lowest BCUT2D eigenvalue weighted by atomic mass is 9.67. The Hall–Kier alpha value is -3.15. The summed E-state index contributed by atoms with van der Waals surface area (Å²) >= 11 is 3.68. The maximum absolute atomic E-state index is 9.58. The van der Waals surface area contributed by atoms with Crippen LogP contribution < -0.4 is 0 Å². The third kappa shape index (κ3) is 2.30. The second kappa shape index (κ2) is 6.48. The Balaban J connectivity index is 2.00. The summed E-state index contributed by atoms with van der Waals surface area (Å²) in [6, 6.07) is 36.1. The maximum Gasteiger partial charge on any atom is 0.0991 e. The van der Waals surface area contributed by atoms with Crippen molar-refractivity contribution in [2.24, 2.45) is 0 Å². The van der Waals surface area contributed by atoms with E-state index in [0.717, 1.165) is 10.0 Å². The Morgan fingerprint density at radius 1 is 0.643 bits per heavy atom. The molecule has 0 aliphatic heterocycles. The minimum Gasteiger partial charge on any atom is -0.192 e. The summed E-state index contributed by atoms with van der Waals surface area (Å²) in [4.78, 5) is 0. The molecular formula is C26H16BrN. The van der Waals surface area contributed by atoms with Crippen molar-refractivity contribution in [2.45, 2.75) is 5.41 Å². The van der Waals surface area contributed by atoms with Gasteiger partial charge in [-0.2, -0.15) is 5.26 Å². The Morgan fingerprint density at radius 2 is 1.18 bits per heavy atom. The summed E-state index contributed by atoms with van der Waals surface area (Å²) in [5, 5.41) is 9.58. The highest BCUT2D eigenvalue weighted by Crippen LogP contribution is 2.56. The van der Waals surface area contributed by atoms with Crippen LogP contribution in [0.15, 0.2) is 102 Å². The van der Waals surface area contributed by atoms with Gasteiger partial charge in [0.25, 0.3) is 0 Å². The molecule has 1 aliphatic rings. The number of fused-ring (bicyclic) bond motifs is 3. The standard InChI is InChI=1S/C26H16BrN/c27-21-12-14-23-22-13-11-18(17-28)15-24(22)26(25(23)16-21,19-7-3-1-4-8-19)20-9-5-2-6-10-20/h1-16H. The molecule has 5 rings (SSSR count). The molecule has 0 unspecified atom stereocenters. The van der Waals surface area contributed by atoms with E-state index in [-0.39, 0.29) is 0 Å². The van der Waals surface area contributed by atoms with Gasteiger partial charge in [0.15, 0.2) is 0 Å². The molecule has 0 radical (unpaired) electrons. The first-order valence-corrected chi connectivity index (χ1v) is 10.0. The molecule has 0 aromatic heterocycles. The number of nitrogens with zero attached hydrogens (tertiary/aromatic N) is 1. The molecule has 132 valence electrons. The van der Waals surface area contributed by atoms with Crippen LogP contribution in [0.25, 0.3) is 11.1 Å². The molecule has 0 N–H and O–H groups in total. The zero-order chi connectivity index (χ0) is 19.1. The third-order valence-electron chi connectivity index (χ3n) is 5.64. The summed E-state index contributed by atoms with van der Waals surface area (Å²) in [5.41, 5.74) is 7.45. The molecule has 0 heterocycles. The van der Waals surface area contributed by atoms with Crippen LogP contribution >= 0.6 is 15.9 Å². The Labute approximate surface area is 173 Å². The van der Waals surface area contributed by atoms with E-state index in [9.17, 15) is 5.26 Å². The summed E-state index contributed by atoms with van der Waals surface area (Å²) in [7, 11) is 0. The summed E-state index contributed by atoms with van der Waals surface area (Å²) in [5.74, 6) is 0. The van der Waals surface area contributed by atoms with Crippen LogP contribution in [0.5, 0.6) is 0 Å². The average molecular weight is 422 g/mol. The topological polar surface area (TPSA) is 23.8 Å². The first kappa shape index (κ1) is 17.0. The van der Waals surface area contributed by atoms with Gasteiger partial charge in [0, 0.05) is 4.47 Å². The van der Waals surface area contributed by atoms with Gasteiger partial charge in [-0.25, -0.2) is 0 Å². The fraction of sp³-hybridized carbons (Fsp3) is 0.0385. The zero-order valence-corrected chi connectivity index (χ0v) is 16.6. The Bertz CT molecular complexity index is 1180. The molecule has 0 spiro atoms. The van der Waals surface area contributed by atoms with E-state index >= 15 is 0 Å². The van der Waals surface area contributed by atoms with Crippen molar-refractivity contribution < 1.29 is 0 Å². The predicted octanol–water partition coefficient (Wildman–Crippen LogP) is 6.68. The van der Waals surface area contributed by atoms with E-state index in [0.29, 0.717) is 5.56 Å². The highest BCUT2D eigenvalue weighted by molar-refractivity contribution is 9.10. The van der Waals surface area contributed by atoms with Crippen LogP contribution in [-0.4, -0.2) is 0 Å². The molecule has 28 heavy (non-hydrogen) atoms. The van der Waals surface area contributed by atoms with Gasteiger partial charge in [-0.05, 0) is 57.6 Å². The van der Waals surface area contributed by atoms with Gasteiger partial charge in [0.2, 0.25) is 0 Å². The number of hydrogen-bond donors (Lipinski definition) is 0. The number of nitriles is 1. The quantitative estimate of drug-likeness (QED) is 0.311. The molecular weight excluding hydrogens is 406 g/mol. The predicted molar refractivity (Wildman–Crippen MR) is 116 cm³/mol. The number of rotatable bonds is 2.